The second-order valence-electron chi connectivity index (χ2n) is 5.95. The number of hydrogen-bond donors (Lipinski definition) is 0. The Balaban J connectivity index is 1.99. The first-order valence-electron chi connectivity index (χ1n) is 7.16. The van der Waals surface area contributed by atoms with Crippen molar-refractivity contribution >= 4 is 17.5 Å². The first kappa shape index (κ1) is 13.3. The standard InChI is InChI=1S/C16H18O4/c1-10(17)20-14-5-7-16-6-4-13(18)9-12(16)3-2-11(8-14)15(16)19/h5,7,9,11,14H,2-4,6,8H2,1H3/t11?,14-,16?/m1/s1. The van der Waals surface area contributed by atoms with Crippen LogP contribution in [0.3, 0.4) is 0 Å². The van der Waals surface area contributed by atoms with Gasteiger partial charge in [0, 0.05) is 19.3 Å². The third-order valence-electron chi connectivity index (χ3n) is 4.68. The lowest BCUT2D eigenvalue weighted by Crippen LogP contribution is -2.42. The van der Waals surface area contributed by atoms with Gasteiger partial charge in [0.05, 0.1) is 5.41 Å². The quantitative estimate of drug-likeness (QED) is 0.543. The number of carbonyl (C=O) groups excluding carboxylic acids is 3. The van der Waals surface area contributed by atoms with Gasteiger partial charge in [-0.1, -0.05) is 6.08 Å². The summed E-state index contributed by atoms with van der Waals surface area (Å²) in [7, 11) is 0. The fourth-order valence-corrected chi connectivity index (χ4v) is 3.71. The van der Waals surface area contributed by atoms with Crippen LogP contribution in [0.5, 0.6) is 0 Å². The van der Waals surface area contributed by atoms with E-state index in [-0.39, 0.29) is 29.6 Å². The maximum Gasteiger partial charge on any atom is 0.303 e. The fourth-order valence-electron chi connectivity index (χ4n) is 3.71. The molecular formula is C16H18O4. The largest absolute Gasteiger partial charge is 0.458 e. The van der Waals surface area contributed by atoms with Crippen molar-refractivity contribution in [2.45, 2.75) is 45.1 Å². The normalized spacial score (nSPS) is 36.0. The number of carbonyl (C=O) groups is 3. The Morgan fingerprint density at radius 3 is 2.90 bits per heavy atom. The van der Waals surface area contributed by atoms with Gasteiger partial charge < -0.3 is 4.74 Å². The molecule has 1 fully saturated rings. The van der Waals surface area contributed by atoms with Crippen LogP contribution in [-0.4, -0.2) is 23.6 Å². The van der Waals surface area contributed by atoms with Crippen LogP contribution in [0.1, 0.15) is 39.0 Å². The van der Waals surface area contributed by atoms with Gasteiger partial charge >= 0.3 is 5.97 Å². The highest BCUT2D eigenvalue weighted by molar-refractivity contribution is 6.00. The summed E-state index contributed by atoms with van der Waals surface area (Å²) < 4.78 is 5.26. The molecule has 0 aliphatic heterocycles. The van der Waals surface area contributed by atoms with Crippen LogP contribution in [0.4, 0.5) is 0 Å². The highest BCUT2D eigenvalue weighted by Gasteiger charge is 2.49. The molecule has 3 aliphatic rings. The van der Waals surface area contributed by atoms with Gasteiger partial charge in [0.15, 0.2) is 5.78 Å². The lowest BCUT2D eigenvalue weighted by Gasteiger charge is -2.40. The van der Waals surface area contributed by atoms with E-state index in [1.54, 1.807) is 6.08 Å². The highest BCUT2D eigenvalue weighted by Crippen LogP contribution is 2.50. The van der Waals surface area contributed by atoms with Crippen LogP contribution < -0.4 is 0 Å². The minimum atomic E-state index is -0.605. The van der Waals surface area contributed by atoms with Gasteiger partial charge in [-0.2, -0.15) is 0 Å². The topological polar surface area (TPSA) is 60.4 Å². The van der Waals surface area contributed by atoms with Crippen molar-refractivity contribution in [2.24, 2.45) is 11.3 Å². The number of allylic oxidation sites excluding steroid dienone is 3. The molecule has 0 saturated heterocycles. The van der Waals surface area contributed by atoms with Crippen LogP contribution in [0.2, 0.25) is 0 Å². The van der Waals surface area contributed by atoms with E-state index in [9.17, 15) is 14.4 Å². The molecule has 3 rings (SSSR count). The van der Waals surface area contributed by atoms with Crippen molar-refractivity contribution in [1.82, 2.24) is 0 Å². The summed E-state index contributed by atoms with van der Waals surface area (Å²) in [5.74, 6) is -0.0743. The summed E-state index contributed by atoms with van der Waals surface area (Å²) >= 11 is 0. The van der Waals surface area contributed by atoms with Crippen LogP contribution in [0, 0.1) is 11.3 Å². The van der Waals surface area contributed by atoms with Gasteiger partial charge in [-0.3, -0.25) is 14.4 Å². The molecule has 0 amide bonds. The lowest BCUT2D eigenvalue weighted by molar-refractivity contribution is -0.146. The molecule has 2 unspecified atom stereocenters. The second-order valence-corrected chi connectivity index (χ2v) is 5.95. The molecule has 2 bridgehead atoms. The average Bonchev–Trinajstić information content (AvgIpc) is 2.46. The molecule has 4 nitrogen and oxygen atoms in total. The number of ketones is 2. The van der Waals surface area contributed by atoms with Crippen molar-refractivity contribution in [1.29, 1.82) is 0 Å². The van der Waals surface area contributed by atoms with E-state index < -0.39 is 5.41 Å². The molecule has 0 aromatic heterocycles. The van der Waals surface area contributed by atoms with Crippen LogP contribution in [0.15, 0.2) is 23.8 Å². The minimum Gasteiger partial charge on any atom is -0.458 e. The minimum absolute atomic E-state index is 0.0697. The zero-order chi connectivity index (χ0) is 14.3. The van der Waals surface area contributed by atoms with Crippen molar-refractivity contribution in [2.75, 3.05) is 0 Å². The number of esters is 1. The zero-order valence-corrected chi connectivity index (χ0v) is 11.6. The summed E-state index contributed by atoms with van der Waals surface area (Å²) in [6, 6.07) is 0. The van der Waals surface area contributed by atoms with Crippen LogP contribution in [-0.2, 0) is 19.1 Å². The molecule has 0 aromatic rings. The summed E-state index contributed by atoms with van der Waals surface area (Å²) in [5.41, 5.74) is 0.348. The highest BCUT2D eigenvalue weighted by atomic mass is 16.5. The fraction of sp³-hybridized carbons (Fsp3) is 0.562. The van der Waals surface area contributed by atoms with Gasteiger partial charge in [0.25, 0.3) is 0 Å². The van der Waals surface area contributed by atoms with Gasteiger partial charge in [-0.05, 0) is 43.4 Å². The van der Waals surface area contributed by atoms with Gasteiger partial charge in [0.2, 0.25) is 0 Å². The smallest absolute Gasteiger partial charge is 0.303 e. The first-order chi connectivity index (χ1) is 9.51. The van der Waals surface area contributed by atoms with E-state index in [4.69, 9.17) is 4.74 Å². The van der Waals surface area contributed by atoms with Crippen LogP contribution >= 0.6 is 0 Å². The number of fused-ring (bicyclic) bond motifs is 1. The number of ether oxygens (including phenoxy) is 1. The first-order valence-corrected chi connectivity index (χ1v) is 7.16. The predicted molar refractivity (Wildman–Crippen MR) is 71.8 cm³/mol. The Bertz CT molecular complexity index is 543. The van der Waals surface area contributed by atoms with E-state index >= 15 is 0 Å². The van der Waals surface area contributed by atoms with Gasteiger partial charge in [0.1, 0.15) is 11.9 Å². The Hall–Kier alpha value is -1.71. The van der Waals surface area contributed by atoms with Crippen molar-refractivity contribution in [3.05, 3.63) is 23.8 Å². The molecule has 3 atom stereocenters. The Labute approximate surface area is 117 Å². The number of rotatable bonds is 1. The van der Waals surface area contributed by atoms with E-state index in [0.29, 0.717) is 19.3 Å². The summed E-state index contributed by atoms with van der Waals surface area (Å²) in [6.07, 6.45) is 8.16. The zero-order valence-electron chi connectivity index (χ0n) is 11.6. The van der Waals surface area contributed by atoms with E-state index in [1.807, 2.05) is 12.2 Å². The summed E-state index contributed by atoms with van der Waals surface area (Å²) in [5, 5.41) is 0. The second kappa shape index (κ2) is 4.69. The molecule has 1 saturated carbocycles. The SMILES string of the molecule is CC(=O)O[C@@H]1C=CC23CCC(=O)C=C2CCC(C1)C3=O. The molecule has 1 spiro atoms. The Kier molecular flexibility index (Phi) is 3.11. The molecule has 4 heteroatoms. The Morgan fingerprint density at radius 2 is 2.15 bits per heavy atom. The van der Waals surface area contributed by atoms with Crippen molar-refractivity contribution < 1.29 is 19.1 Å². The third kappa shape index (κ3) is 2.03. The molecule has 0 radical (unpaired) electrons. The lowest BCUT2D eigenvalue weighted by atomic mass is 9.61. The predicted octanol–water partition coefficient (Wildman–Crippen LogP) is 2.13. The molecular weight excluding hydrogens is 256 g/mol. The molecule has 0 heterocycles. The van der Waals surface area contributed by atoms with Crippen LogP contribution in [0.25, 0.3) is 0 Å². The molecule has 106 valence electrons. The third-order valence-corrected chi connectivity index (χ3v) is 4.68. The van der Waals surface area contributed by atoms with Crippen molar-refractivity contribution in [3.8, 4) is 0 Å². The van der Waals surface area contributed by atoms with Gasteiger partial charge in [-0.25, -0.2) is 0 Å². The monoisotopic (exact) mass is 274 g/mol. The number of Topliss-reactive ketones (excluding diaryl/α,β-unsaturated/α-hetero) is 1. The summed E-state index contributed by atoms with van der Waals surface area (Å²) in [4.78, 5) is 35.5. The van der Waals surface area contributed by atoms with E-state index in [1.165, 1.54) is 6.92 Å². The Morgan fingerprint density at radius 1 is 1.35 bits per heavy atom. The molecule has 3 aliphatic carbocycles. The van der Waals surface area contributed by atoms with Crippen molar-refractivity contribution in [3.63, 3.8) is 0 Å². The maximum absolute atomic E-state index is 12.8. The summed E-state index contributed by atoms with van der Waals surface area (Å²) in [6.45, 7) is 1.38. The van der Waals surface area contributed by atoms with Gasteiger partial charge in [-0.15, -0.1) is 0 Å². The molecule has 0 aromatic carbocycles. The number of hydrogen-bond acceptors (Lipinski definition) is 4. The average molecular weight is 274 g/mol. The molecule has 20 heavy (non-hydrogen) atoms. The maximum atomic E-state index is 12.8. The van der Waals surface area contributed by atoms with E-state index in [0.717, 1.165) is 18.4 Å². The van der Waals surface area contributed by atoms with E-state index in [2.05, 4.69) is 0 Å². The molecule has 0 N–H and O–H groups in total.